The number of nitriles is 1. The molecule has 0 radical (unpaired) electrons. The van der Waals surface area contributed by atoms with Gasteiger partial charge >= 0.3 is 5.97 Å². The highest BCUT2D eigenvalue weighted by atomic mass is 16.5. The highest BCUT2D eigenvalue weighted by molar-refractivity contribution is 6.13. The smallest absolute Gasteiger partial charge is 0.346 e. The molecule has 244 valence electrons. The van der Waals surface area contributed by atoms with E-state index in [9.17, 15) is 15.2 Å². The van der Waals surface area contributed by atoms with Gasteiger partial charge in [-0.25, -0.2) is 4.79 Å². The van der Waals surface area contributed by atoms with Crippen LogP contribution < -0.4 is 9.47 Å². The van der Waals surface area contributed by atoms with Crippen LogP contribution in [-0.2, 0) is 4.79 Å². The first-order valence-corrected chi connectivity index (χ1v) is 17.2. The van der Waals surface area contributed by atoms with E-state index in [1.807, 2.05) is 54.6 Å². The summed E-state index contributed by atoms with van der Waals surface area (Å²) in [7, 11) is 0. The maximum atomic E-state index is 12.1. The molecule has 3 aromatic heterocycles. The lowest BCUT2D eigenvalue weighted by atomic mass is 9.92. The van der Waals surface area contributed by atoms with Crippen molar-refractivity contribution in [3.05, 3.63) is 96.1 Å². The topological polar surface area (TPSA) is 84.0 Å². The summed E-state index contributed by atoms with van der Waals surface area (Å²) < 4.78 is 14.3. The number of rotatable bonds is 16. The number of aliphatic carboxylic acids is 1. The summed E-state index contributed by atoms with van der Waals surface area (Å²) in [6.45, 7) is 5.80. The fourth-order valence-electron chi connectivity index (χ4n) is 6.59. The number of carboxylic acid groups (broad SMARTS) is 1. The summed E-state index contributed by atoms with van der Waals surface area (Å²) in [6.07, 6.45) is 10.7. The van der Waals surface area contributed by atoms with E-state index in [4.69, 9.17) is 9.47 Å². The first kappa shape index (κ1) is 32.7. The number of nitrogens with zero attached hydrogens (tertiary/aromatic N) is 2. The van der Waals surface area contributed by atoms with Crippen LogP contribution in [0.2, 0.25) is 0 Å². The van der Waals surface area contributed by atoms with Crippen molar-refractivity contribution in [3.8, 4) is 39.8 Å². The molecule has 0 aliphatic rings. The Morgan fingerprint density at radius 2 is 1.38 bits per heavy atom. The lowest BCUT2D eigenvalue weighted by Gasteiger charge is -2.19. The molecule has 6 aromatic rings. The molecule has 0 aliphatic heterocycles. The number of hydrogen-bond acceptors (Lipinski definition) is 4. The Bertz CT molecular complexity index is 2080. The van der Waals surface area contributed by atoms with Crippen LogP contribution in [0.15, 0.2) is 90.5 Å². The summed E-state index contributed by atoms with van der Waals surface area (Å²) in [5.74, 6) is 0.414. The summed E-state index contributed by atoms with van der Waals surface area (Å²) in [5.41, 5.74) is 7.30. The molecule has 3 aromatic carbocycles. The molecule has 0 spiro atoms. The molecule has 0 saturated carbocycles. The van der Waals surface area contributed by atoms with Gasteiger partial charge in [0.2, 0.25) is 0 Å². The van der Waals surface area contributed by atoms with E-state index in [1.54, 1.807) is 0 Å². The zero-order valence-electron chi connectivity index (χ0n) is 27.8. The van der Waals surface area contributed by atoms with Crippen molar-refractivity contribution >= 4 is 39.4 Å². The van der Waals surface area contributed by atoms with Crippen LogP contribution in [0.25, 0.3) is 55.7 Å². The van der Waals surface area contributed by atoms with Crippen molar-refractivity contribution in [2.45, 2.75) is 65.2 Å². The molecule has 0 aliphatic carbocycles. The van der Waals surface area contributed by atoms with E-state index < -0.39 is 5.97 Å². The third-order valence-corrected chi connectivity index (χ3v) is 9.04. The van der Waals surface area contributed by atoms with Gasteiger partial charge in [-0.2, -0.15) is 5.26 Å². The summed E-state index contributed by atoms with van der Waals surface area (Å²) in [4.78, 5) is 12.1. The predicted molar refractivity (Wildman–Crippen MR) is 195 cm³/mol. The van der Waals surface area contributed by atoms with Crippen LogP contribution in [-0.4, -0.2) is 28.7 Å². The normalized spacial score (nSPS) is 11.8. The molecule has 6 heteroatoms. The van der Waals surface area contributed by atoms with Crippen LogP contribution in [0.3, 0.4) is 0 Å². The molecule has 0 saturated heterocycles. The molecule has 0 bridgehead atoms. The Morgan fingerprint density at radius 3 is 1.96 bits per heavy atom. The molecular formula is C42H42N2O4. The number of pyridine rings is 2. The molecule has 0 atom stereocenters. The Labute approximate surface area is 282 Å². The van der Waals surface area contributed by atoms with Crippen molar-refractivity contribution < 1.29 is 19.4 Å². The molecule has 48 heavy (non-hydrogen) atoms. The van der Waals surface area contributed by atoms with Crippen LogP contribution >= 0.6 is 0 Å². The van der Waals surface area contributed by atoms with Crippen molar-refractivity contribution in [3.63, 3.8) is 0 Å². The zero-order chi connectivity index (χ0) is 33.5. The largest absolute Gasteiger partial charge is 0.494 e. The van der Waals surface area contributed by atoms with E-state index in [2.05, 4.69) is 54.6 Å². The van der Waals surface area contributed by atoms with Gasteiger partial charge in [-0.3, -0.25) is 0 Å². The molecule has 6 rings (SSSR count). The highest BCUT2D eigenvalue weighted by Crippen LogP contribution is 2.43. The highest BCUT2D eigenvalue weighted by Gasteiger charge is 2.22. The first-order chi connectivity index (χ1) is 23.5. The van der Waals surface area contributed by atoms with Gasteiger partial charge in [0.05, 0.1) is 29.8 Å². The molecule has 6 nitrogen and oxygen atoms in total. The second-order valence-electron chi connectivity index (χ2n) is 12.4. The maximum absolute atomic E-state index is 12.1. The molecule has 0 amide bonds. The number of para-hydroxylation sites is 1. The monoisotopic (exact) mass is 638 g/mol. The van der Waals surface area contributed by atoms with Crippen LogP contribution in [0, 0.1) is 11.3 Å². The molecule has 0 unspecified atom stereocenters. The van der Waals surface area contributed by atoms with Gasteiger partial charge in [-0.15, -0.1) is 0 Å². The SMILES string of the molecule is CCCCCCOc1ccc(-c2cc3cccc4c(/C=C(\C#N)C(=O)O)c(-c5ccc(OCCCCCC)cc5)c5ccc2n5c34)cc1. The second-order valence-corrected chi connectivity index (χ2v) is 12.4. The van der Waals surface area contributed by atoms with Gasteiger partial charge in [-0.1, -0.05) is 94.8 Å². The van der Waals surface area contributed by atoms with Crippen molar-refractivity contribution in [2.75, 3.05) is 13.2 Å². The van der Waals surface area contributed by atoms with E-state index in [-0.39, 0.29) is 5.57 Å². The first-order valence-electron chi connectivity index (χ1n) is 17.2. The van der Waals surface area contributed by atoms with Crippen molar-refractivity contribution in [1.29, 1.82) is 5.26 Å². The molecule has 3 heterocycles. The lowest BCUT2D eigenvalue weighted by Crippen LogP contribution is -2.02. The second kappa shape index (κ2) is 15.1. The quantitative estimate of drug-likeness (QED) is 0.0648. The number of ether oxygens (including phenoxy) is 2. The van der Waals surface area contributed by atoms with Gasteiger partial charge in [-0.05, 0) is 83.5 Å². The van der Waals surface area contributed by atoms with Crippen LogP contribution in [0.1, 0.15) is 70.8 Å². The van der Waals surface area contributed by atoms with Crippen LogP contribution in [0.5, 0.6) is 11.5 Å². The minimum Gasteiger partial charge on any atom is -0.494 e. The minimum atomic E-state index is -1.25. The van der Waals surface area contributed by atoms with Gasteiger partial charge in [0.25, 0.3) is 0 Å². The minimum absolute atomic E-state index is 0.313. The van der Waals surface area contributed by atoms with Gasteiger partial charge < -0.3 is 19.0 Å². The van der Waals surface area contributed by atoms with Gasteiger partial charge in [0, 0.05) is 16.5 Å². The third-order valence-electron chi connectivity index (χ3n) is 9.04. The third kappa shape index (κ3) is 6.73. The van der Waals surface area contributed by atoms with Gasteiger partial charge in [0.1, 0.15) is 23.1 Å². The van der Waals surface area contributed by atoms with Gasteiger partial charge in [0.15, 0.2) is 0 Å². The van der Waals surface area contributed by atoms with E-state index >= 15 is 0 Å². The van der Waals surface area contributed by atoms with E-state index in [0.29, 0.717) is 12.2 Å². The number of unbranched alkanes of at least 4 members (excludes halogenated alkanes) is 6. The van der Waals surface area contributed by atoms with E-state index in [1.165, 1.54) is 38.2 Å². The Kier molecular flexibility index (Phi) is 10.3. The molecular weight excluding hydrogens is 596 g/mol. The molecule has 1 N–H and O–H groups in total. The maximum Gasteiger partial charge on any atom is 0.346 e. The number of aromatic nitrogens is 1. The average Bonchev–Trinajstić information content (AvgIpc) is 3.55. The number of hydrogen-bond donors (Lipinski definition) is 1. The Balaban J connectivity index is 1.46. The number of carbonyl (C=O) groups is 1. The zero-order valence-corrected chi connectivity index (χ0v) is 27.8. The lowest BCUT2D eigenvalue weighted by molar-refractivity contribution is -0.132. The van der Waals surface area contributed by atoms with E-state index in [0.717, 1.165) is 86.9 Å². The number of benzene rings is 3. The Morgan fingerprint density at radius 1 is 0.771 bits per heavy atom. The Hall–Kier alpha value is -5.28. The molecule has 0 fully saturated rings. The average molecular weight is 639 g/mol. The predicted octanol–water partition coefficient (Wildman–Crippen LogP) is 10.9. The van der Waals surface area contributed by atoms with Crippen molar-refractivity contribution in [1.82, 2.24) is 4.40 Å². The fraction of sp³-hybridized carbons (Fsp3) is 0.286. The fourth-order valence-corrected chi connectivity index (χ4v) is 6.59. The summed E-state index contributed by atoms with van der Waals surface area (Å²) in [6, 6.07) is 30.7. The standard InChI is InChI=1S/C42H42N2O4/c1-3-5-7-9-24-47-33-18-14-29(15-19-33)36-26-31-12-11-13-35-37(27-32(28-43)42(45)46)40(39-23-22-38(36)44(39)41(31)35)30-16-20-34(21-17-30)48-25-10-8-6-4-2/h11-23,26-27H,3-10,24-25H2,1-2H3,(H,45,46)/b32-27+. The summed E-state index contributed by atoms with van der Waals surface area (Å²) in [5, 5.41) is 21.5. The number of carboxylic acids is 1. The van der Waals surface area contributed by atoms with Crippen molar-refractivity contribution in [2.24, 2.45) is 0 Å². The summed E-state index contributed by atoms with van der Waals surface area (Å²) >= 11 is 0. The van der Waals surface area contributed by atoms with Crippen LogP contribution in [0.4, 0.5) is 0 Å².